The minimum atomic E-state index is -0.779. The molecule has 0 aliphatic carbocycles. The SMILES string of the molecule is CC/C=C\C/C=C\C/C=C\C/C=C\C/C=C\C/C=C\CCCCCCCCCCC(=O)OC(CO)COC(=O)CCCCCCCCCCCCCCCCCCCCCCCCCCCCC. The molecule has 0 aromatic heterocycles. The van der Waals surface area contributed by atoms with Crippen LogP contribution in [0.1, 0.15) is 296 Å². The molecule has 1 unspecified atom stereocenters. The Bertz CT molecular complexity index is 1210. The number of hydrogen-bond donors (Lipinski definition) is 1. The summed E-state index contributed by atoms with van der Waals surface area (Å²) in [6.45, 7) is 4.06. The molecule has 0 aromatic carbocycles. The molecule has 394 valence electrons. The van der Waals surface area contributed by atoms with E-state index in [1.54, 1.807) is 0 Å². The van der Waals surface area contributed by atoms with Crippen molar-refractivity contribution in [2.75, 3.05) is 13.2 Å². The molecule has 0 spiro atoms. The van der Waals surface area contributed by atoms with Crippen molar-refractivity contribution in [1.82, 2.24) is 0 Å². The van der Waals surface area contributed by atoms with E-state index in [0.29, 0.717) is 12.8 Å². The molecule has 0 rings (SSSR count). The number of carbonyl (C=O) groups excluding carboxylic acids is 2. The van der Waals surface area contributed by atoms with E-state index in [4.69, 9.17) is 9.47 Å². The topological polar surface area (TPSA) is 72.8 Å². The number of aliphatic hydroxyl groups excluding tert-OH is 1. The highest BCUT2D eigenvalue weighted by Crippen LogP contribution is 2.17. The second kappa shape index (κ2) is 58.7. The van der Waals surface area contributed by atoms with Gasteiger partial charge in [0.1, 0.15) is 6.61 Å². The van der Waals surface area contributed by atoms with Crippen molar-refractivity contribution in [1.29, 1.82) is 0 Å². The molecular formula is C63H112O5. The Labute approximate surface area is 423 Å². The third-order valence-corrected chi connectivity index (χ3v) is 13.0. The number of unbranched alkanes of at least 4 members (excludes halogenated alkanes) is 34. The zero-order chi connectivity index (χ0) is 49.2. The third kappa shape index (κ3) is 55.9. The minimum Gasteiger partial charge on any atom is -0.462 e. The van der Waals surface area contributed by atoms with Gasteiger partial charge >= 0.3 is 11.9 Å². The van der Waals surface area contributed by atoms with Crippen LogP contribution in [0.2, 0.25) is 0 Å². The van der Waals surface area contributed by atoms with E-state index >= 15 is 0 Å². The number of allylic oxidation sites excluding steroid dienone is 12. The predicted octanol–water partition coefficient (Wildman–Crippen LogP) is 20.0. The van der Waals surface area contributed by atoms with Crippen LogP contribution in [0.5, 0.6) is 0 Å². The molecule has 0 saturated carbocycles. The molecule has 0 aliphatic heterocycles. The van der Waals surface area contributed by atoms with Crippen molar-refractivity contribution >= 4 is 11.9 Å². The summed E-state index contributed by atoms with van der Waals surface area (Å²) in [5, 5.41) is 9.66. The van der Waals surface area contributed by atoms with Crippen LogP contribution in [-0.4, -0.2) is 36.4 Å². The Morgan fingerprint density at radius 2 is 0.632 bits per heavy atom. The Kier molecular flexibility index (Phi) is 56.4. The van der Waals surface area contributed by atoms with Gasteiger partial charge in [0, 0.05) is 12.8 Å². The van der Waals surface area contributed by atoms with Crippen LogP contribution in [0.4, 0.5) is 0 Å². The maximum atomic E-state index is 12.3. The van der Waals surface area contributed by atoms with E-state index in [1.807, 2.05) is 0 Å². The predicted molar refractivity (Wildman–Crippen MR) is 297 cm³/mol. The summed E-state index contributed by atoms with van der Waals surface area (Å²) in [6, 6.07) is 0. The zero-order valence-corrected chi connectivity index (χ0v) is 45.1. The Morgan fingerprint density at radius 1 is 0.353 bits per heavy atom. The van der Waals surface area contributed by atoms with Gasteiger partial charge in [-0.05, 0) is 64.2 Å². The van der Waals surface area contributed by atoms with Crippen LogP contribution in [0.3, 0.4) is 0 Å². The van der Waals surface area contributed by atoms with Gasteiger partial charge in [-0.3, -0.25) is 9.59 Å². The quantitative estimate of drug-likeness (QED) is 0.0374. The fraction of sp³-hybridized carbons (Fsp3) is 0.778. The van der Waals surface area contributed by atoms with Crippen LogP contribution < -0.4 is 0 Å². The van der Waals surface area contributed by atoms with E-state index in [-0.39, 0.29) is 25.2 Å². The summed E-state index contributed by atoms with van der Waals surface area (Å²) in [7, 11) is 0. The first-order valence-electron chi connectivity index (χ1n) is 29.5. The Hall–Kier alpha value is -2.66. The smallest absolute Gasteiger partial charge is 0.306 e. The molecule has 0 bridgehead atoms. The number of aliphatic hydroxyl groups is 1. The Balaban J connectivity index is 3.49. The number of esters is 2. The molecular weight excluding hydrogens is 837 g/mol. The van der Waals surface area contributed by atoms with Gasteiger partial charge in [0.15, 0.2) is 6.10 Å². The van der Waals surface area contributed by atoms with Gasteiger partial charge in [0.2, 0.25) is 0 Å². The van der Waals surface area contributed by atoms with Crippen molar-refractivity contribution in [2.45, 2.75) is 302 Å². The van der Waals surface area contributed by atoms with E-state index in [1.165, 1.54) is 186 Å². The van der Waals surface area contributed by atoms with Crippen LogP contribution >= 0.6 is 0 Å². The molecule has 5 heteroatoms. The minimum absolute atomic E-state index is 0.0688. The van der Waals surface area contributed by atoms with Crippen molar-refractivity contribution in [2.24, 2.45) is 0 Å². The number of rotatable bonds is 54. The summed E-state index contributed by atoms with van der Waals surface area (Å²) in [6.07, 6.45) is 80.3. The monoisotopic (exact) mass is 949 g/mol. The molecule has 0 aliphatic rings. The molecule has 5 nitrogen and oxygen atoms in total. The fourth-order valence-electron chi connectivity index (χ4n) is 8.62. The van der Waals surface area contributed by atoms with Crippen molar-refractivity contribution in [3.8, 4) is 0 Å². The lowest BCUT2D eigenvalue weighted by Crippen LogP contribution is -2.28. The standard InChI is InChI=1S/C63H112O5/c1-3-5-7-9-11-13-15-17-19-21-23-25-27-29-31-33-35-37-39-41-43-45-47-49-51-53-55-57-62(65)67-60-61(59-64)68-63(66)58-56-54-52-50-48-46-44-42-40-38-36-34-32-30-28-26-24-22-20-18-16-14-12-10-8-6-4-2/h6,8,12,14,18,20,24,26,30,32,36,38,61,64H,3-5,7,9-11,13,15-17,19,21-23,25,27-29,31,33-35,37,39-60H2,1-2H3/b8-6-,14-12-,20-18-,26-24-,32-30-,38-36-. The highest BCUT2D eigenvalue weighted by atomic mass is 16.6. The van der Waals surface area contributed by atoms with Gasteiger partial charge in [0.05, 0.1) is 6.61 Å². The van der Waals surface area contributed by atoms with Crippen LogP contribution in [0, 0.1) is 0 Å². The largest absolute Gasteiger partial charge is 0.462 e. The molecule has 0 fully saturated rings. The highest BCUT2D eigenvalue weighted by molar-refractivity contribution is 5.70. The first kappa shape index (κ1) is 65.3. The first-order chi connectivity index (χ1) is 33.6. The fourth-order valence-corrected chi connectivity index (χ4v) is 8.62. The molecule has 0 amide bonds. The molecule has 0 saturated heterocycles. The lowest BCUT2D eigenvalue weighted by Gasteiger charge is -2.15. The van der Waals surface area contributed by atoms with Crippen molar-refractivity contribution < 1.29 is 24.2 Å². The average molecular weight is 950 g/mol. The second-order valence-electron chi connectivity index (χ2n) is 19.7. The highest BCUT2D eigenvalue weighted by Gasteiger charge is 2.16. The molecule has 0 radical (unpaired) electrons. The van der Waals surface area contributed by atoms with Crippen LogP contribution in [0.25, 0.3) is 0 Å². The van der Waals surface area contributed by atoms with E-state index in [0.717, 1.165) is 83.5 Å². The molecule has 1 atom stereocenters. The Morgan fingerprint density at radius 3 is 0.956 bits per heavy atom. The van der Waals surface area contributed by atoms with Gasteiger partial charge < -0.3 is 14.6 Å². The van der Waals surface area contributed by atoms with Gasteiger partial charge in [-0.25, -0.2) is 0 Å². The van der Waals surface area contributed by atoms with E-state index < -0.39 is 6.10 Å². The lowest BCUT2D eigenvalue weighted by molar-refractivity contribution is -0.161. The van der Waals surface area contributed by atoms with Crippen LogP contribution in [0.15, 0.2) is 72.9 Å². The van der Waals surface area contributed by atoms with E-state index in [9.17, 15) is 14.7 Å². The molecule has 0 aromatic rings. The summed E-state index contributed by atoms with van der Waals surface area (Å²) in [5.74, 6) is -0.590. The van der Waals surface area contributed by atoms with Crippen molar-refractivity contribution in [3.05, 3.63) is 72.9 Å². The number of hydrogen-bond acceptors (Lipinski definition) is 5. The summed E-state index contributed by atoms with van der Waals surface area (Å²) >= 11 is 0. The molecule has 1 N–H and O–H groups in total. The second-order valence-corrected chi connectivity index (χ2v) is 19.7. The summed E-state index contributed by atoms with van der Waals surface area (Å²) < 4.78 is 10.7. The average Bonchev–Trinajstić information content (AvgIpc) is 3.34. The van der Waals surface area contributed by atoms with Gasteiger partial charge in [-0.15, -0.1) is 0 Å². The number of carbonyl (C=O) groups is 2. The van der Waals surface area contributed by atoms with Gasteiger partial charge in [-0.2, -0.15) is 0 Å². The van der Waals surface area contributed by atoms with Gasteiger partial charge in [0.25, 0.3) is 0 Å². The lowest BCUT2D eigenvalue weighted by atomic mass is 10.0. The van der Waals surface area contributed by atoms with E-state index in [2.05, 4.69) is 86.8 Å². The summed E-state index contributed by atoms with van der Waals surface area (Å²) in [5.41, 5.74) is 0. The normalized spacial score (nSPS) is 12.7. The number of ether oxygens (including phenoxy) is 2. The molecule has 68 heavy (non-hydrogen) atoms. The third-order valence-electron chi connectivity index (χ3n) is 13.0. The zero-order valence-electron chi connectivity index (χ0n) is 45.1. The van der Waals surface area contributed by atoms with Crippen molar-refractivity contribution in [3.63, 3.8) is 0 Å². The maximum Gasteiger partial charge on any atom is 0.306 e. The molecule has 0 heterocycles. The maximum absolute atomic E-state index is 12.3. The van der Waals surface area contributed by atoms with Crippen LogP contribution in [-0.2, 0) is 19.1 Å². The van der Waals surface area contributed by atoms with Gasteiger partial charge in [-0.1, -0.05) is 292 Å². The first-order valence-corrected chi connectivity index (χ1v) is 29.5. The summed E-state index contributed by atoms with van der Waals surface area (Å²) in [4.78, 5) is 24.6.